The predicted molar refractivity (Wildman–Crippen MR) is 114 cm³/mol. The molecule has 3 aromatic rings. The van der Waals surface area contributed by atoms with E-state index in [9.17, 15) is 14.0 Å². The van der Waals surface area contributed by atoms with Gasteiger partial charge in [0.05, 0.1) is 16.4 Å². The van der Waals surface area contributed by atoms with Crippen LogP contribution in [0.5, 0.6) is 0 Å². The first-order valence-electron chi connectivity index (χ1n) is 9.06. The minimum atomic E-state index is -0.539. The lowest BCUT2D eigenvalue weighted by Crippen LogP contribution is -2.30. The van der Waals surface area contributed by atoms with Crippen LogP contribution in [0.15, 0.2) is 46.9 Å². The quantitative estimate of drug-likeness (QED) is 0.491. The largest absolute Gasteiger partial charge is 0.352 e. The van der Waals surface area contributed by atoms with Crippen LogP contribution in [0.1, 0.15) is 33.0 Å². The predicted octanol–water partition coefficient (Wildman–Crippen LogP) is 3.68. The topological polar surface area (TPSA) is 88.9 Å². The normalized spacial score (nSPS) is 10.7. The summed E-state index contributed by atoms with van der Waals surface area (Å²) in [6.07, 6.45) is 0.548. The highest BCUT2D eigenvalue weighted by molar-refractivity contribution is 9.10. The molecule has 0 bridgehead atoms. The number of benzene rings is 2. The molecular formula is C20H18BrClFN5O2. The molecule has 10 heteroatoms. The van der Waals surface area contributed by atoms with Crippen LogP contribution < -0.4 is 10.6 Å². The summed E-state index contributed by atoms with van der Waals surface area (Å²) in [7, 11) is 0. The number of aromatic nitrogens is 3. The highest BCUT2D eigenvalue weighted by atomic mass is 79.9. The number of rotatable bonds is 7. The lowest BCUT2D eigenvalue weighted by molar-refractivity contribution is 0.0947. The van der Waals surface area contributed by atoms with Gasteiger partial charge in [0.1, 0.15) is 5.82 Å². The summed E-state index contributed by atoms with van der Waals surface area (Å²) in [6.45, 7) is 2.45. The van der Waals surface area contributed by atoms with Crippen LogP contribution >= 0.6 is 27.5 Å². The van der Waals surface area contributed by atoms with Crippen LogP contribution in [0.3, 0.4) is 0 Å². The van der Waals surface area contributed by atoms with Gasteiger partial charge in [-0.05, 0) is 49.7 Å². The Kier molecular flexibility index (Phi) is 7.17. The Morgan fingerprint density at radius 2 is 1.87 bits per heavy atom. The van der Waals surface area contributed by atoms with Gasteiger partial charge in [0.15, 0.2) is 5.69 Å². The van der Waals surface area contributed by atoms with Crippen molar-refractivity contribution in [2.45, 2.75) is 13.3 Å². The molecule has 0 saturated heterocycles. The molecule has 1 aromatic heterocycles. The van der Waals surface area contributed by atoms with E-state index in [1.807, 2.05) is 6.07 Å². The summed E-state index contributed by atoms with van der Waals surface area (Å²) >= 11 is 9.13. The number of amides is 2. The number of carbonyl (C=O) groups is 2. The van der Waals surface area contributed by atoms with Crippen molar-refractivity contribution >= 4 is 39.3 Å². The maximum Gasteiger partial charge on any atom is 0.273 e. The molecule has 7 nitrogen and oxygen atoms in total. The maximum absolute atomic E-state index is 13.3. The Morgan fingerprint density at radius 3 is 2.57 bits per heavy atom. The minimum Gasteiger partial charge on any atom is -0.352 e. The van der Waals surface area contributed by atoms with Crippen molar-refractivity contribution in [1.82, 2.24) is 25.6 Å². The summed E-state index contributed by atoms with van der Waals surface area (Å²) in [6, 6.07) is 11.2. The highest BCUT2D eigenvalue weighted by Crippen LogP contribution is 2.20. The van der Waals surface area contributed by atoms with Crippen molar-refractivity contribution in [2.24, 2.45) is 0 Å². The summed E-state index contributed by atoms with van der Waals surface area (Å²) in [5.41, 5.74) is 1.72. The van der Waals surface area contributed by atoms with E-state index in [0.29, 0.717) is 36.5 Å². The van der Waals surface area contributed by atoms with Gasteiger partial charge in [0.25, 0.3) is 11.8 Å². The average molecular weight is 495 g/mol. The van der Waals surface area contributed by atoms with E-state index in [0.717, 1.165) is 4.47 Å². The molecule has 0 radical (unpaired) electrons. The fourth-order valence-corrected chi connectivity index (χ4v) is 3.28. The second-order valence-corrected chi connectivity index (χ2v) is 7.73. The third-order valence-corrected chi connectivity index (χ3v) is 5.05. The number of carbonyl (C=O) groups excluding carboxylic acids is 2. The van der Waals surface area contributed by atoms with E-state index in [4.69, 9.17) is 11.6 Å². The zero-order valence-electron chi connectivity index (χ0n) is 16.0. The maximum atomic E-state index is 13.3. The Hall–Kier alpha value is -2.78. The number of halogens is 3. The van der Waals surface area contributed by atoms with Crippen LogP contribution in [-0.2, 0) is 0 Å². The SMILES string of the molecule is Cc1c(C(=O)NCCCNC(=O)c2cccc(Br)c2)nnn1-c1ccc(F)c(Cl)c1. The lowest BCUT2D eigenvalue weighted by atomic mass is 10.2. The van der Waals surface area contributed by atoms with Gasteiger partial charge in [0, 0.05) is 23.1 Å². The molecule has 0 spiro atoms. The standard InChI is InChI=1S/C20H18BrClFN5O2/c1-12-18(26-27-28(12)15-6-7-17(23)16(22)11-15)20(30)25-9-3-8-24-19(29)13-4-2-5-14(21)10-13/h2,4-7,10-11H,3,8-9H2,1H3,(H,24,29)(H,25,30). The van der Waals surface area contributed by atoms with Crippen LogP contribution in [0, 0.1) is 12.7 Å². The van der Waals surface area contributed by atoms with Gasteiger partial charge < -0.3 is 10.6 Å². The van der Waals surface area contributed by atoms with Gasteiger partial charge in [-0.1, -0.05) is 38.8 Å². The van der Waals surface area contributed by atoms with Gasteiger partial charge in [-0.2, -0.15) is 0 Å². The van der Waals surface area contributed by atoms with Gasteiger partial charge in [-0.15, -0.1) is 5.10 Å². The molecule has 0 unspecified atom stereocenters. The Morgan fingerprint density at radius 1 is 1.13 bits per heavy atom. The van der Waals surface area contributed by atoms with Crippen molar-refractivity contribution in [2.75, 3.05) is 13.1 Å². The molecule has 0 saturated carbocycles. The first-order chi connectivity index (χ1) is 14.4. The molecule has 2 N–H and O–H groups in total. The van der Waals surface area contributed by atoms with Crippen LogP contribution in [-0.4, -0.2) is 39.9 Å². The molecule has 2 aromatic carbocycles. The highest BCUT2D eigenvalue weighted by Gasteiger charge is 2.17. The van der Waals surface area contributed by atoms with Gasteiger partial charge in [-0.25, -0.2) is 9.07 Å². The molecule has 0 aliphatic rings. The molecule has 3 rings (SSSR count). The van der Waals surface area contributed by atoms with E-state index in [1.165, 1.54) is 22.9 Å². The first-order valence-corrected chi connectivity index (χ1v) is 10.2. The molecule has 0 aliphatic heterocycles. The van der Waals surface area contributed by atoms with Crippen molar-refractivity contribution in [3.63, 3.8) is 0 Å². The van der Waals surface area contributed by atoms with E-state index in [-0.39, 0.29) is 22.5 Å². The first kappa shape index (κ1) is 21.9. The molecule has 0 atom stereocenters. The van der Waals surface area contributed by atoms with E-state index in [1.54, 1.807) is 25.1 Å². The molecule has 2 amide bonds. The number of hydrogen-bond donors (Lipinski definition) is 2. The molecule has 1 heterocycles. The summed E-state index contributed by atoms with van der Waals surface area (Å²) in [5.74, 6) is -1.10. The van der Waals surface area contributed by atoms with Crippen LogP contribution in [0.25, 0.3) is 5.69 Å². The molecule has 0 fully saturated rings. The summed E-state index contributed by atoms with van der Waals surface area (Å²) in [5, 5.41) is 13.4. The fourth-order valence-electron chi connectivity index (χ4n) is 2.71. The Labute approximate surface area is 185 Å². The number of hydrogen-bond acceptors (Lipinski definition) is 4. The summed E-state index contributed by atoms with van der Waals surface area (Å²) in [4.78, 5) is 24.5. The molecule has 30 heavy (non-hydrogen) atoms. The van der Waals surface area contributed by atoms with Gasteiger partial charge >= 0.3 is 0 Å². The van der Waals surface area contributed by atoms with Gasteiger partial charge in [-0.3, -0.25) is 9.59 Å². The van der Waals surface area contributed by atoms with E-state index in [2.05, 4.69) is 36.9 Å². The third-order valence-electron chi connectivity index (χ3n) is 4.27. The Balaban J connectivity index is 1.50. The Bertz CT molecular complexity index is 1090. The molecule has 0 aliphatic carbocycles. The second kappa shape index (κ2) is 9.82. The lowest BCUT2D eigenvalue weighted by Gasteiger charge is -2.07. The fraction of sp³-hybridized carbons (Fsp3) is 0.200. The van der Waals surface area contributed by atoms with Crippen LogP contribution in [0.4, 0.5) is 4.39 Å². The van der Waals surface area contributed by atoms with E-state index < -0.39 is 5.82 Å². The van der Waals surface area contributed by atoms with Crippen molar-refractivity contribution in [3.8, 4) is 5.69 Å². The third kappa shape index (κ3) is 5.22. The smallest absolute Gasteiger partial charge is 0.273 e. The minimum absolute atomic E-state index is 0.0432. The van der Waals surface area contributed by atoms with Crippen molar-refractivity contribution in [3.05, 3.63) is 74.7 Å². The zero-order valence-corrected chi connectivity index (χ0v) is 18.3. The monoisotopic (exact) mass is 493 g/mol. The number of nitrogens with one attached hydrogen (secondary N) is 2. The zero-order chi connectivity index (χ0) is 21.7. The van der Waals surface area contributed by atoms with Gasteiger partial charge in [0.2, 0.25) is 0 Å². The van der Waals surface area contributed by atoms with E-state index >= 15 is 0 Å². The number of nitrogens with zero attached hydrogens (tertiary/aromatic N) is 3. The van der Waals surface area contributed by atoms with Crippen molar-refractivity contribution < 1.29 is 14.0 Å². The second-order valence-electron chi connectivity index (χ2n) is 6.41. The average Bonchev–Trinajstić information content (AvgIpc) is 3.11. The van der Waals surface area contributed by atoms with Crippen LogP contribution in [0.2, 0.25) is 5.02 Å². The summed E-state index contributed by atoms with van der Waals surface area (Å²) < 4.78 is 15.6. The molecular weight excluding hydrogens is 477 g/mol. The van der Waals surface area contributed by atoms with Crippen molar-refractivity contribution in [1.29, 1.82) is 0 Å². The molecule has 156 valence electrons.